The van der Waals surface area contributed by atoms with E-state index in [0.29, 0.717) is 12.6 Å². The maximum atomic E-state index is 5.85. The van der Waals surface area contributed by atoms with Gasteiger partial charge in [-0.3, -0.25) is 0 Å². The third-order valence-corrected chi connectivity index (χ3v) is 3.86. The van der Waals surface area contributed by atoms with E-state index in [-0.39, 0.29) is 0 Å². The molecular formula is C18H32N2. The average Bonchev–Trinajstić information content (AvgIpc) is 2.50. The van der Waals surface area contributed by atoms with Gasteiger partial charge in [-0.15, -0.1) is 0 Å². The molecule has 1 atom stereocenters. The third kappa shape index (κ3) is 7.66. The van der Waals surface area contributed by atoms with Crippen molar-refractivity contribution >= 4 is 0 Å². The molecule has 0 saturated carbocycles. The zero-order valence-electron chi connectivity index (χ0n) is 13.1. The van der Waals surface area contributed by atoms with Gasteiger partial charge in [0.15, 0.2) is 0 Å². The van der Waals surface area contributed by atoms with Crippen molar-refractivity contribution in [1.82, 2.24) is 5.32 Å². The first kappa shape index (κ1) is 17.2. The van der Waals surface area contributed by atoms with Gasteiger partial charge in [0.1, 0.15) is 0 Å². The van der Waals surface area contributed by atoms with E-state index in [2.05, 4.69) is 42.6 Å². The van der Waals surface area contributed by atoms with Crippen LogP contribution in [0.2, 0.25) is 0 Å². The lowest BCUT2D eigenvalue weighted by Crippen LogP contribution is -2.28. The first-order chi connectivity index (χ1) is 9.88. The normalized spacial score (nSPS) is 12.5. The summed E-state index contributed by atoms with van der Waals surface area (Å²) in [6.07, 6.45) is 10.9. The Morgan fingerprint density at radius 1 is 0.900 bits per heavy atom. The minimum Gasteiger partial charge on any atom is -0.329 e. The Morgan fingerprint density at radius 2 is 1.50 bits per heavy atom. The number of unbranched alkanes of at least 4 members (excludes halogenated alkanes) is 7. The van der Waals surface area contributed by atoms with Gasteiger partial charge in [-0.05, 0) is 18.5 Å². The Bertz CT molecular complexity index is 310. The van der Waals surface area contributed by atoms with Crippen LogP contribution in [0, 0.1) is 0 Å². The Hall–Kier alpha value is -0.860. The molecule has 0 aliphatic rings. The third-order valence-electron chi connectivity index (χ3n) is 3.86. The molecule has 0 amide bonds. The summed E-state index contributed by atoms with van der Waals surface area (Å²) < 4.78 is 0. The Kier molecular flexibility index (Phi) is 10.3. The van der Waals surface area contributed by atoms with E-state index in [1.807, 2.05) is 0 Å². The van der Waals surface area contributed by atoms with Gasteiger partial charge in [0, 0.05) is 12.6 Å². The number of benzene rings is 1. The van der Waals surface area contributed by atoms with Gasteiger partial charge in [0.2, 0.25) is 0 Å². The molecule has 1 unspecified atom stereocenters. The fraction of sp³-hybridized carbons (Fsp3) is 0.667. The maximum absolute atomic E-state index is 5.85. The van der Waals surface area contributed by atoms with Crippen molar-refractivity contribution in [3.63, 3.8) is 0 Å². The topological polar surface area (TPSA) is 38.0 Å². The SMILES string of the molecule is CCCCCCCCCCNC(CN)c1ccccc1. The van der Waals surface area contributed by atoms with Gasteiger partial charge >= 0.3 is 0 Å². The molecule has 0 bridgehead atoms. The summed E-state index contributed by atoms with van der Waals surface area (Å²) in [5, 5.41) is 3.57. The van der Waals surface area contributed by atoms with Crippen molar-refractivity contribution in [2.45, 2.75) is 64.3 Å². The van der Waals surface area contributed by atoms with Crippen LogP contribution in [-0.2, 0) is 0 Å². The van der Waals surface area contributed by atoms with Crippen LogP contribution in [0.15, 0.2) is 30.3 Å². The molecule has 2 nitrogen and oxygen atoms in total. The van der Waals surface area contributed by atoms with Crippen molar-refractivity contribution in [2.24, 2.45) is 5.73 Å². The zero-order valence-corrected chi connectivity index (χ0v) is 13.1. The fourth-order valence-electron chi connectivity index (χ4n) is 2.56. The van der Waals surface area contributed by atoms with Gasteiger partial charge < -0.3 is 11.1 Å². The maximum Gasteiger partial charge on any atom is 0.0444 e. The molecule has 3 N–H and O–H groups in total. The molecule has 1 aromatic carbocycles. The second kappa shape index (κ2) is 11.9. The molecule has 0 radical (unpaired) electrons. The van der Waals surface area contributed by atoms with Crippen molar-refractivity contribution < 1.29 is 0 Å². The van der Waals surface area contributed by atoms with Crippen molar-refractivity contribution in [2.75, 3.05) is 13.1 Å². The molecule has 114 valence electrons. The lowest BCUT2D eigenvalue weighted by molar-refractivity contribution is 0.505. The molecule has 1 aromatic rings. The summed E-state index contributed by atoms with van der Waals surface area (Å²) in [6.45, 7) is 4.01. The van der Waals surface area contributed by atoms with E-state index >= 15 is 0 Å². The molecule has 0 spiro atoms. The highest BCUT2D eigenvalue weighted by Crippen LogP contribution is 2.12. The van der Waals surface area contributed by atoms with Crippen molar-refractivity contribution in [3.05, 3.63) is 35.9 Å². The molecule has 0 aliphatic heterocycles. The molecular weight excluding hydrogens is 244 g/mol. The summed E-state index contributed by atoms with van der Waals surface area (Å²) in [5.41, 5.74) is 7.15. The molecule has 0 aromatic heterocycles. The van der Waals surface area contributed by atoms with Crippen LogP contribution >= 0.6 is 0 Å². The molecule has 2 heteroatoms. The molecule has 1 rings (SSSR count). The quantitative estimate of drug-likeness (QED) is 0.555. The van der Waals surface area contributed by atoms with Gasteiger partial charge in [-0.25, -0.2) is 0 Å². The number of nitrogens with two attached hydrogens (primary N) is 1. The van der Waals surface area contributed by atoms with Crippen LogP contribution in [0.5, 0.6) is 0 Å². The van der Waals surface area contributed by atoms with Crippen LogP contribution in [0.1, 0.15) is 69.9 Å². The highest BCUT2D eigenvalue weighted by atomic mass is 14.9. The minimum atomic E-state index is 0.306. The average molecular weight is 276 g/mol. The van der Waals surface area contributed by atoms with Crippen LogP contribution in [0.25, 0.3) is 0 Å². The summed E-state index contributed by atoms with van der Waals surface area (Å²) in [6, 6.07) is 10.8. The van der Waals surface area contributed by atoms with E-state index in [4.69, 9.17) is 5.73 Å². The highest BCUT2D eigenvalue weighted by molar-refractivity contribution is 5.19. The van der Waals surface area contributed by atoms with E-state index in [0.717, 1.165) is 6.54 Å². The summed E-state index contributed by atoms with van der Waals surface area (Å²) in [5.74, 6) is 0. The molecule has 0 saturated heterocycles. The van der Waals surface area contributed by atoms with Gasteiger partial charge in [0.25, 0.3) is 0 Å². The molecule has 0 fully saturated rings. The fourth-order valence-corrected chi connectivity index (χ4v) is 2.56. The Balaban J connectivity index is 2.02. The summed E-state index contributed by atoms with van der Waals surface area (Å²) in [7, 11) is 0. The Labute approximate surface area is 125 Å². The zero-order chi connectivity index (χ0) is 14.5. The van der Waals surface area contributed by atoms with Crippen LogP contribution in [0.4, 0.5) is 0 Å². The highest BCUT2D eigenvalue weighted by Gasteiger charge is 2.07. The first-order valence-corrected chi connectivity index (χ1v) is 8.37. The van der Waals surface area contributed by atoms with E-state index < -0.39 is 0 Å². The lowest BCUT2D eigenvalue weighted by atomic mass is 10.1. The predicted octanol–water partition coefficient (Wildman–Crippen LogP) is 4.42. The van der Waals surface area contributed by atoms with Crippen LogP contribution < -0.4 is 11.1 Å². The van der Waals surface area contributed by atoms with Crippen molar-refractivity contribution in [1.29, 1.82) is 0 Å². The second-order valence-electron chi connectivity index (χ2n) is 5.63. The number of hydrogen-bond donors (Lipinski definition) is 2. The van der Waals surface area contributed by atoms with Crippen LogP contribution in [-0.4, -0.2) is 13.1 Å². The van der Waals surface area contributed by atoms with Gasteiger partial charge in [-0.2, -0.15) is 0 Å². The minimum absolute atomic E-state index is 0.306. The van der Waals surface area contributed by atoms with E-state index in [1.54, 1.807) is 0 Å². The Morgan fingerprint density at radius 3 is 2.10 bits per heavy atom. The van der Waals surface area contributed by atoms with Gasteiger partial charge in [-0.1, -0.05) is 82.2 Å². The van der Waals surface area contributed by atoms with Gasteiger partial charge in [0.05, 0.1) is 0 Å². The molecule has 20 heavy (non-hydrogen) atoms. The summed E-state index contributed by atoms with van der Waals surface area (Å²) in [4.78, 5) is 0. The summed E-state index contributed by atoms with van der Waals surface area (Å²) >= 11 is 0. The second-order valence-corrected chi connectivity index (χ2v) is 5.63. The standard InChI is InChI=1S/C18H32N2/c1-2-3-4-5-6-7-8-12-15-20-18(16-19)17-13-10-9-11-14-17/h9-11,13-14,18,20H,2-8,12,15-16,19H2,1H3. The number of nitrogens with one attached hydrogen (secondary N) is 1. The van der Waals surface area contributed by atoms with E-state index in [1.165, 1.54) is 56.9 Å². The van der Waals surface area contributed by atoms with Crippen molar-refractivity contribution in [3.8, 4) is 0 Å². The van der Waals surface area contributed by atoms with E-state index in [9.17, 15) is 0 Å². The molecule has 0 aliphatic carbocycles. The largest absolute Gasteiger partial charge is 0.329 e. The lowest BCUT2D eigenvalue weighted by Gasteiger charge is -2.17. The monoisotopic (exact) mass is 276 g/mol. The smallest absolute Gasteiger partial charge is 0.0444 e. The number of hydrogen-bond acceptors (Lipinski definition) is 2. The number of rotatable bonds is 12. The molecule has 0 heterocycles. The predicted molar refractivity (Wildman–Crippen MR) is 88.9 cm³/mol. The van der Waals surface area contributed by atoms with Crippen LogP contribution in [0.3, 0.4) is 0 Å². The first-order valence-electron chi connectivity index (χ1n) is 8.37.